The zero-order valence-electron chi connectivity index (χ0n) is 18.4. The van der Waals surface area contributed by atoms with Crippen molar-refractivity contribution in [1.82, 2.24) is 4.98 Å². The maximum atomic E-state index is 14.5. The number of unbranched alkanes of at least 4 members (excludes halogenated alkanes) is 9. The topological polar surface area (TPSA) is 22.1 Å². The molecule has 2 nitrogen and oxygen atoms in total. The van der Waals surface area contributed by atoms with Gasteiger partial charge in [0.2, 0.25) is 0 Å². The minimum absolute atomic E-state index is 0.273. The lowest BCUT2D eigenvalue weighted by Crippen LogP contribution is -1.98. The Bertz CT molecular complexity index is 684. The molecule has 3 heteroatoms. The average Bonchev–Trinajstić information content (AvgIpc) is 2.74. The summed E-state index contributed by atoms with van der Waals surface area (Å²) in [6.45, 7) is 5.10. The molecule has 0 amide bonds. The van der Waals surface area contributed by atoms with Gasteiger partial charge < -0.3 is 4.74 Å². The van der Waals surface area contributed by atoms with Gasteiger partial charge in [0.25, 0.3) is 0 Å². The first-order chi connectivity index (χ1) is 14.2. The number of hydrogen-bond acceptors (Lipinski definition) is 2. The van der Waals surface area contributed by atoms with Crippen LogP contribution in [0.1, 0.15) is 90.0 Å². The minimum atomic E-state index is -0.273. The van der Waals surface area contributed by atoms with Crippen LogP contribution in [0.2, 0.25) is 0 Å². The summed E-state index contributed by atoms with van der Waals surface area (Å²) >= 11 is 0. The molecule has 0 atom stereocenters. The van der Waals surface area contributed by atoms with Crippen molar-refractivity contribution in [3.05, 3.63) is 47.9 Å². The van der Waals surface area contributed by atoms with Gasteiger partial charge in [0.1, 0.15) is 11.6 Å². The van der Waals surface area contributed by atoms with E-state index in [0.717, 1.165) is 12.8 Å². The number of aryl methyl sites for hydroxylation is 1. The van der Waals surface area contributed by atoms with Crippen molar-refractivity contribution in [2.45, 2.75) is 90.9 Å². The number of aromatic nitrogens is 1. The summed E-state index contributed by atoms with van der Waals surface area (Å²) in [5.41, 5.74) is 2.44. The van der Waals surface area contributed by atoms with E-state index in [4.69, 9.17) is 4.74 Å². The van der Waals surface area contributed by atoms with Crippen molar-refractivity contribution in [3.63, 3.8) is 0 Å². The van der Waals surface area contributed by atoms with E-state index in [1.54, 1.807) is 6.07 Å². The predicted molar refractivity (Wildman–Crippen MR) is 121 cm³/mol. The second-order valence-electron chi connectivity index (χ2n) is 7.97. The molecule has 2 aromatic rings. The molecule has 1 aromatic carbocycles. The fourth-order valence-corrected chi connectivity index (χ4v) is 3.53. The lowest BCUT2D eigenvalue weighted by atomic mass is 10.0. The van der Waals surface area contributed by atoms with Gasteiger partial charge in [-0.25, -0.2) is 4.39 Å². The lowest BCUT2D eigenvalue weighted by molar-refractivity contribution is 0.303. The van der Waals surface area contributed by atoms with E-state index in [2.05, 4.69) is 24.9 Å². The Kier molecular flexibility index (Phi) is 11.4. The van der Waals surface area contributed by atoms with Gasteiger partial charge in [-0.15, -0.1) is 0 Å². The number of ether oxygens (including phenoxy) is 1. The van der Waals surface area contributed by atoms with E-state index in [9.17, 15) is 4.39 Å². The van der Waals surface area contributed by atoms with E-state index < -0.39 is 0 Å². The van der Waals surface area contributed by atoms with E-state index in [-0.39, 0.29) is 5.82 Å². The first-order valence-electron chi connectivity index (χ1n) is 11.6. The van der Waals surface area contributed by atoms with Gasteiger partial charge in [-0.2, -0.15) is 0 Å². The van der Waals surface area contributed by atoms with Crippen molar-refractivity contribution in [2.24, 2.45) is 0 Å². The van der Waals surface area contributed by atoms with Gasteiger partial charge in [-0.3, -0.25) is 4.98 Å². The molecule has 2 rings (SSSR count). The molecule has 29 heavy (non-hydrogen) atoms. The highest BCUT2D eigenvalue weighted by Crippen LogP contribution is 2.25. The SMILES string of the molecule is CCCCCCCCc1ccc(-c2ccc(OCCCCCCC)cc2F)nc1. The van der Waals surface area contributed by atoms with Crippen LogP contribution in [0.4, 0.5) is 4.39 Å². The van der Waals surface area contributed by atoms with Gasteiger partial charge in [-0.1, -0.05) is 77.7 Å². The van der Waals surface area contributed by atoms with Crippen LogP contribution in [0, 0.1) is 5.82 Å². The molecule has 1 heterocycles. The molecule has 0 aliphatic heterocycles. The van der Waals surface area contributed by atoms with Crippen molar-refractivity contribution < 1.29 is 9.13 Å². The summed E-state index contributed by atoms with van der Waals surface area (Å²) in [4.78, 5) is 4.49. The number of rotatable bonds is 15. The van der Waals surface area contributed by atoms with Crippen molar-refractivity contribution >= 4 is 0 Å². The standard InChI is InChI=1S/C26H38FNO/c1-3-5-7-9-10-12-14-22-15-18-26(28-21-22)24-17-16-23(20-25(24)27)29-19-13-11-8-6-4-2/h15-18,20-21H,3-14,19H2,1-2H3. The molecule has 0 aliphatic carbocycles. The van der Waals surface area contributed by atoms with E-state index in [1.807, 2.05) is 18.3 Å². The molecule has 0 saturated heterocycles. The van der Waals surface area contributed by atoms with E-state index in [1.165, 1.54) is 75.8 Å². The number of nitrogens with zero attached hydrogens (tertiary/aromatic N) is 1. The molecular formula is C26H38FNO. The Morgan fingerprint density at radius 3 is 2.14 bits per heavy atom. The minimum Gasteiger partial charge on any atom is -0.493 e. The number of hydrogen-bond donors (Lipinski definition) is 0. The maximum absolute atomic E-state index is 14.5. The zero-order chi connectivity index (χ0) is 20.7. The van der Waals surface area contributed by atoms with Crippen LogP contribution in [0.3, 0.4) is 0 Å². The fraction of sp³-hybridized carbons (Fsp3) is 0.577. The molecule has 1 aromatic heterocycles. The maximum Gasteiger partial charge on any atom is 0.136 e. The average molecular weight is 400 g/mol. The molecule has 0 spiro atoms. The highest BCUT2D eigenvalue weighted by atomic mass is 19.1. The third-order valence-corrected chi connectivity index (χ3v) is 5.38. The molecular weight excluding hydrogens is 361 g/mol. The largest absolute Gasteiger partial charge is 0.493 e. The van der Waals surface area contributed by atoms with Crippen LogP contribution >= 0.6 is 0 Å². The van der Waals surface area contributed by atoms with Crippen molar-refractivity contribution in [2.75, 3.05) is 6.61 Å². The van der Waals surface area contributed by atoms with Crippen LogP contribution in [-0.4, -0.2) is 11.6 Å². The second kappa shape index (κ2) is 14.1. The zero-order valence-corrected chi connectivity index (χ0v) is 18.4. The lowest BCUT2D eigenvalue weighted by Gasteiger charge is -2.09. The summed E-state index contributed by atoms with van der Waals surface area (Å²) in [6, 6.07) is 9.11. The third kappa shape index (κ3) is 8.97. The molecule has 160 valence electrons. The summed E-state index contributed by atoms with van der Waals surface area (Å²) in [6.07, 6.45) is 16.6. The molecule has 0 radical (unpaired) electrons. The van der Waals surface area contributed by atoms with Crippen molar-refractivity contribution in [3.8, 4) is 17.0 Å². The Morgan fingerprint density at radius 2 is 1.48 bits per heavy atom. The molecule has 0 N–H and O–H groups in total. The van der Waals surface area contributed by atoms with Gasteiger partial charge in [0, 0.05) is 17.8 Å². The number of benzene rings is 1. The fourth-order valence-electron chi connectivity index (χ4n) is 3.53. The molecule has 0 saturated carbocycles. The summed E-state index contributed by atoms with van der Waals surface area (Å²) in [7, 11) is 0. The van der Waals surface area contributed by atoms with Gasteiger partial charge in [0.15, 0.2) is 0 Å². The Labute approximate surface area is 176 Å². The highest BCUT2D eigenvalue weighted by Gasteiger charge is 2.08. The summed E-state index contributed by atoms with van der Waals surface area (Å²) in [5, 5.41) is 0. The molecule has 0 fully saturated rings. The monoisotopic (exact) mass is 399 g/mol. The smallest absolute Gasteiger partial charge is 0.136 e. The van der Waals surface area contributed by atoms with Crippen LogP contribution in [0.15, 0.2) is 36.5 Å². The molecule has 0 aliphatic rings. The second-order valence-corrected chi connectivity index (χ2v) is 7.97. The highest BCUT2D eigenvalue weighted by molar-refractivity contribution is 5.61. The van der Waals surface area contributed by atoms with E-state index in [0.29, 0.717) is 23.6 Å². The van der Waals surface area contributed by atoms with Crippen LogP contribution in [-0.2, 0) is 6.42 Å². The third-order valence-electron chi connectivity index (χ3n) is 5.38. The Hall–Kier alpha value is -1.90. The first-order valence-corrected chi connectivity index (χ1v) is 11.6. The van der Waals surface area contributed by atoms with Crippen molar-refractivity contribution in [1.29, 1.82) is 0 Å². The first kappa shape index (κ1) is 23.4. The Balaban J connectivity index is 1.79. The summed E-state index contributed by atoms with van der Waals surface area (Å²) < 4.78 is 20.2. The van der Waals surface area contributed by atoms with Crippen LogP contribution in [0.5, 0.6) is 5.75 Å². The van der Waals surface area contributed by atoms with Gasteiger partial charge >= 0.3 is 0 Å². The number of pyridine rings is 1. The number of halogens is 1. The van der Waals surface area contributed by atoms with Crippen LogP contribution in [0.25, 0.3) is 11.3 Å². The molecule has 0 bridgehead atoms. The van der Waals surface area contributed by atoms with Gasteiger partial charge in [-0.05, 0) is 43.0 Å². The Morgan fingerprint density at radius 1 is 0.793 bits per heavy atom. The normalized spacial score (nSPS) is 11.0. The van der Waals surface area contributed by atoms with E-state index >= 15 is 0 Å². The summed E-state index contributed by atoms with van der Waals surface area (Å²) in [5.74, 6) is 0.325. The quantitative estimate of drug-likeness (QED) is 0.282. The van der Waals surface area contributed by atoms with Crippen LogP contribution < -0.4 is 4.74 Å². The van der Waals surface area contributed by atoms with Gasteiger partial charge in [0.05, 0.1) is 12.3 Å². The molecule has 0 unspecified atom stereocenters. The predicted octanol–water partition coefficient (Wildman–Crippen LogP) is 8.14.